The molecule has 100 valence electrons. The fourth-order valence-electron chi connectivity index (χ4n) is 2.00. The van der Waals surface area contributed by atoms with E-state index >= 15 is 0 Å². The van der Waals surface area contributed by atoms with Gasteiger partial charge >= 0.3 is 5.69 Å². The summed E-state index contributed by atoms with van der Waals surface area (Å²) in [5.41, 5.74) is 0.0731. The number of rotatable bonds is 3. The predicted octanol–water partition coefficient (Wildman–Crippen LogP) is 1.90. The average molecular weight is 285 g/mol. The third-order valence-corrected chi connectivity index (χ3v) is 3.93. The molecule has 0 bridgehead atoms. The summed E-state index contributed by atoms with van der Waals surface area (Å²) >= 11 is 1.30. The Morgan fingerprint density at radius 2 is 1.85 bits per heavy atom. The van der Waals surface area contributed by atoms with Crippen LogP contribution in [0.4, 0.5) is 0 Å². The summed E-state index contributed by atoms with van der Waals surface area (Å²) in [6.07, 6.45) is 0. The number of nitrogens with zero attached hydrogens (tertiary/aromatic N) is 1. The molecule has 1 aromatic heterocycles. The first kappa shape index (κ1) is 12.7. The number of hydrogen-bond acceptors (Lipinski definition) is 4. The Balaban J connectivity index is 1.90. The lowest BCUT2D eigenvalue weighted by Crippen LogP contribution is -2.24. The molecule has 0 aliphatic heterocycles. The Labute approximate surface area is 118 Å². The van der Waals surface area contributed by atoms with Crippen LogP contribution >= 0.6 is 11.8 Å². The fraction of sp³-hybridized carbons (Fsp3) is 0.0714. The van der Waals surface area contributed by atoms with Crippen LogP contribution in [-0.4, -0.2) is 15.2 Å². The van der Waals surface area contributed by atoms with Gasteiger partial charge in [-0.2, -0.15) is 5.10 Å². The average Bonchev–Trinajstić information content (AvgIpc) is 2.46. The minimum Gasteiger partial charge on any atom is -0.271 e. The van der Waals surface area contributed by atoms with Gasteiger partial charge in [-0.1, -0.05) is 54.2 Å². The summed E-state index contributed by atoms with van der Waals surface area (Å²) in [5, 5.41) is 8.57. The molecule has 3 aromatic rings. The van der Waals surface area contributed by atoms with Crippen LogP contribution in [0.2, 0.25) is 0 Å². The number of aromatic nitrogens is 3. The first-order chi connectivity index (χ1) is 9.74. The molecule has 0 spiro atoms. The zero-order valence-corrected chi connectivity index (χ0v) is 11.2. The Bertz CT molecular complexity index is 864. The zero-order chi connectivity index (χ0) is 13.9. The zero-order valence-electron chi connectivity index (χ0n) is 10.4. The van der Waals surface area contributed by atoms with Crippen LogP contribution in [0.25, 0.3) is 10.8 Å². The van der Waals surface area contributed by atoms with Gasteiger partial charge in [0.25, 0.3) is 5.56 Å². The van der Waals surface area contributed by atoms with Crippen LogP contribution in [0.3, 0.4) is 0 Å². The quantitative estimate of drug-likeness (QED) is 0.720. The highest BCUT2D eigenvalue weighted by atomic mass is 32.2. The van der Waals surface area contributed by atoms with Gasteiger partial charge in [0.05, 0.1) is 0 Å². The van der Waals surface area contributed by atoms with Gasteiger partial charge in [-0.05, 0) is 16.3 Å². The minimum atomic E-state index is -0.593. The fourth-order valence-corrected chi connectivity index (χ4v) is 2.84. The predicted molar refractivity (Wildman–Crippen MR) is 79.0 cm³/mol. The monoisotopic (exact) mass is 285 g/mol. The van der Waals surface area contributed by atoms with Crippen molar-refractivity contribution in [3.05, 3.63) is 68.9 Å². The van der Waals surface area contributed by atoms with Crippen molar-refractivity contribution in [1.82, 2.24) is 15.2 Å². The van der Waals surface area contributed by atoms with Crippen molar-refractivity contribution in [1.29, 1.82) is 0 Å². The first-order valence-corrected chi connectivity index (χ1v) is 7.01. The Morgan fingerprint density at radius 3 is 2.70 bits per heavy atom. The second-order valence-corrected chi connectivity index (χ2v) is 5.20. The van der Waals surface area contributed by atoms with E-state index in [2.05, 4.69) is 33.4 Å². The summed E-state index contributed by atoms with van der Waals surface area (Å²) < 4.78 is 0. The minimum absolute atomic E-state index is 0.262. The van der Waals surface area contributed by atoms with Crippen LogP contribution in [-0.2, 0) is 5.75 Å². The van der Waals surface area contributed by atoms with Gasteiger partial charge in [-0.3, -0.25) is 9.78 Å². The van der Waals surface area contributed by atoms with Crippen molar-refractivity contribution in [2.45, 2.75) is 10.8 Å². The van der Waals surface area contributed by atoms with Gasteiger partial charge in [0.15, 0.2) is 5.03 Å². The number of fused-ring (bicyclic) bond motifs is 1. The molecule has 0 saturated heterocycles. The highest BCUT2D eigenvalue weighted by Crippen LogP contribution is 2.24. The summed E-state index contributed by atoms with van der Waals surface area (Å²) in [4.78, 5) is 24.6. The molecule has 0 unspecified atom stereocenters. The van der Waals surface area contributed by atoms with Crippen LogP contribution in [0.1, 0.15) is 5.56 Å². The first-order valence-electron chi connectivity index (χ1n) is 6.02. The maximum Gasteiger partial charge on any atom is 0.342 e. The number of thioether (sulfide) groups is 1. The van der Waals surface area contributed by atoms with Gasteiger partial charge in [0.1, 0.15) is 0 Å². The molecular weight excluding hydrogens is 274 g/mol. The Hall–Kier alpha value is -2.34. The maximum atomic E-state index is 11.6. The lowest BCUT2D eigenvalue weighted by Gasteiger charge is -2.05. The van der Waals surface area contributed by atoms with Crippen LogP contribution < -0.4 is 11.2 Å². The molecule has 0 fully saturated rings. The molecule has 0 amide bonds. The Kier molecular flexibility index (Phi) is 3.39. The van der Waals surface area contributed by atoms with Gasteiger partial charge in [0.2, 0.25) is 0 Å². The van der Waals surface area contributed by atoms with E-state index in [1.54, 1.807) is 0 Å². The van der Waals surface area contributed by atoms with Crippen LogP contribution in [0.5, 0.6) is 0 Å². The van der Waals surface area contributed by atoms with Crippen molar-refractivity contribution < 1.29 is 0 Å². The van der Waals surface area contributed by atoms with E-state index in [1.165, 1.54) is 11.8 Å². The summed E-state index contributed by atoms with van der Waals surface area (Å²) in [7, 11) is 0. The number of H-pyrrole nitrogens is 2. The third kappa shape index (κ3) is 2.50. The lowest BCUT2D eigenvalue weighted by molar-refractivity contribution is 0.807. The van der Waals surface area contributed by atoms with Crippen molar-refractivity contribution in [3.63, 3.8) is 0 Å². The molecule has 0 aliphatic carbocycles. The van der Waals surface area contributed by atoms with Gasteiger partial charge in [0, 0.05) is 5.75 Å². The van der Waals surface area contributed by atoms with E-state index in [0.717, 1.165) is 16.3 Å². The largest absolute Gasteiger partial charge is 0.342 e. The molecule has 2 N–H and O–H groups in total. The van der Waals surface area contributed by atoms with Crippen LogP contribution in [0, 0.1) is 0 Å². The van der Waals surface area contributed by atoms with E-state index < -0.39 is 11.2 Å². The molecule has 0 aliphatic rings. The molecule has 20 heavy (non-hydrogen) atoms. The van der Waals surface area contributed by atoms with Gasteiger partial charge in [-0.15, -0.1) is 0 Å². The van der Waals surface area contributed by atoms with Crippen molar-refractivity contribution in [2.75, 3.05) is 0 Å². The van der Waals surface area contributed by atoms with Gasteiger partial charge < -0.3 is 0 Å². The maximum absolute atomic E-state index is 11.6. The smallest absolute Gasteiger partial charge is 0.271 e. The lowest BCUT2D eigenvalue weighted by atomic mass is 10.1. The summed E-state index contributed by atoms with van der Waals surface area (Å²) in [5.74, 6) is 0.615. The number of nitrogens with one attached hydrogen (secondary N) is 2. The number of hydrogen-bond donors (Lipinski definition) is 2. The van der Waals surface area contributed by atoms with E-state index in [4.69, 9.17) is 0 Å². The Morgan fingerprint density at radius 1 is 1.05 bits per heavy atom. The van der Waals surface area contributed by atoms with Crippen molar-refractivity contribution in [2.24, 2.45) is 0 Å². The SMILES string of the molecule is O=c1[nH]nc(SCc2cccc3ccccc23)c(=O)[nH]1. The molecular formula is C14H11N3O2S. The summed E-state index contributed by atoms with van der Waals surface area (Å²) in [6, 6.07) is 14.1. The van der Waals surface area contributed by atoms with E-state index in [0.29, 0.717) is 5.75 Å². The molecule has 5 nitrogen and oxygen atoms in total. The van der Waals surface area contributed by atoms with E-state index in [-0.39, 0.29) is 5.03 Å². The van der Waals surface area contributed by atoms with Crippen molar-refractivity contribution >= 4 is 22.5 Å². The number of aromatic amines is 2. The molecule has 0 atom stereocenters. The topological polar surface area (TPSA) is 78.6 Å². The van der Waals surface area contributed by atoms with Crippen molar-refractivity contribution in [3.8, 4) is 0 Å². The third-order valence-electron chi connectivity index (χ3n) is 2.92. The highest BCUT2D eigenvalue weighted by molar-refractivity contribution is 7.98. The normalized spacial score (nSPS) is 10.8. The second-order valence-electron chi connectivity index (χ2n) is 4.24. The standard InChI is InChI=1S/C14H11N3O2S/c18-12-13(16-17-14(19)15-12)20-8-10-6-3-5-9-4-1-2-7-11(9)10/h1-7H,8H2,(H2,15,17,18,19). The highest BCUT2D eigenvalue weighted by Gasteiger charge is 2.06. The number of benzene rings is 2. The molecule has 0 radical (unpaired) electrons. The second kappa shape index (κ2) is 5.34. The molecule has 3 rings (SSSR count). The van der Waals surface area contributed by atoms with Crippen LogP contribution in [0.15, 0.2) is 57.1 Å². The van der Waals surface area contributed by atoms with Gasteiger partial charge in [-0.25, -0.2) is 9.89 Å². The van der Waals surface area contributed by atoms with E-state index in [1.807, 2.05) is 24.3 Å². The molecule has 2 aromatic carbocycles. The molecule has 0 saturated carbocycles. The molecule has 6 heteroatoms. The summed E-state index contributed by atoms with van der Waals surface area (Å²) in [6.45, 7) is 0. The molecule has 1 heterocycles. The van der Waals surface area contributed by atoms with E-state index in [9.17, 15) is 9.59 Å².